The molecular weight excluding hydrogens is 324 g/mol. The first-order chi connectivity index (χ1) is 11.3. The second-order valence-corrected chi connectivity index (χ2v) is 8.64. The minimum Gasteiger partial charge on any atom is -0.355 e. The van der Waals surface area contributed by atoms with Crippen molar-refractivity contribution in [1.29, 1.82) is 0 Å². The standard InChI is InChI=1S/C17H22N4O2S/c1-12-8-13(2)10-14(9-12)19-17-18-6-4-16(20-17)21(3)15-5-7-24(22,23)11-15/h4,6,8-10,15H,5,7,11H2,1-3H3,(H,18,19,20). The Morgan fingerprint density at radius 1 is 1.21 bits per heavy atom. The number of aryl methyl sites for hydroxylation is 2. The summed E-state index contributed by atoms with van der Waals surface area (Å²) in [5.41, 5.74) is 3.28. The van der Waals surface area contributed by atoms with Crippen LogP contribution in [0.1, 0.15) is 17.5 Å². The van der Waals surface area contributed by atoms with Crippen LogP contribution >= 0.6 is 0 Å². The predicted octanol–water partition coefficient (Wildman–Crippen LogP) is 2.46. The van der Waals surface area contributed by atoms with Crippen molar-refractivity contribution in [3.8, 4) is 0 Å². The zero-order valence-electron chi connectivity index (χ0n) is 14.2. The van der Waals surface area contributed by atoms with Gasteiger partial charge in [-0.15, -0.1) is 0 Å². The van der Waals surface area contributed by atoms with Crippen LogP contribution in [0.5, 0.6) is 0 Å². The number of aromatic nitrogens is 2. The molecule has 3 rings (SSSR count). The average molecular weight is 346 g/mol. The molecule has 1 aromatic carbocycles. The molecule has 0 amide bonds. The van der Waals surface area contributed by atoms with Gasteiger partial charge < -0.3 is 10.2 Å². The Labute approximate surface area is 142 Å². The van der Waals surface area contributed by atoms with E-state index in [0.29, 0.717) is 12.4 Å². The molecule has 1 saturated heterocycles. The highest BCUT2D eigenvalue weighted by Gasteiger charge is 2.31. The molecule has 2 heterocycles. The van der Waals surface area contributed by atoms with Crippen LogP contribution in [0, 0.1) is 13.8 Å². The minimum absolute atomic E-state index is 0.0287. The third-order valence-corrected chi connectivity index (χ3v) is 5.99. The Balaban J connectivity index is 1.79. The highest BCUT2D eigenvalue weighted by atomic mass is 32.2. The van der Waals surface area contributed by atoms with Gasteiger partial charge in [-0.3, -0.25) is 0 Å². The van der Waals surface area contributed by atoms with E-state index in [2.05, 4.69) is 21.4 Å². The van der Waals surface area contributed by atoms with Gasteiger partial charge in [0, 0.05) is 25.0 Å². The summed E-state index contributed by atoms with van der Waals surface area (Å²) in [7, 11) is -1.03. The van der Waals surface area contributed by atoms with Crippen molar-refractivity contribution in [2.24, 2.45) is 0 Å². The van der Waals surface area contributed by atoms with E-state index in [9.17, 15) is 8.42 Å². The van der Waals surface area contributed by atoms with Crippen LogP contribution in [0.15, 0.2) is 30.5 Å². The van der Waals surface area contributed by atoms with Crippen molar-refractivity contribution in [3.05, 3.63) is 41.6 Å². The molecule has 2 aromatic rings. The van der Waals surface area contributed by atoms with E-state index in [1.165, 1.54) is 11.1 Å². The lowest BCUT2D eigenvalue weighted by Crippen LogP contribution is -2.33. The molecule has 6 nitrogen and oxygen atoms in total. The highest BCUT2D eigenvalue weighted by molar-refractivity contribution is 7.91. The molecule has 7 heteroatoms. The Bertz CT molecular complexity index is 831. The summed E-state index contributed by atoms with van der Waals surface area (Å²) in [6.45, 7) is 4.09. The van der Waals surface area contributed by atoms with Gasteiger partial charge in [0.05, 0.1) is 11.5 Å². The summed E-state index contributed by atoms with van der Waals surface area (Å²) in [6, 6.07) is 7.96. The lowest BCUT2D eigenvalue weighted by molar-refractivity contribution is 0.600. The number of anilines is 3. The molecule has 24 heavy (non-hydrogen) atoms. The second-order valence-electron chi connectivity index (χ2n) is 6.41. The fourth-order valence-electron chi connectivity index (χ4n) is 3.05. The molecule has 1 unspecified atom stereocenters. The Kier molecular flexibility index (Phi) is 4.45. The first-order valence-electron chi connectivity index (χ1n) is 7.94. The third-order valence-electron chi connectivity index (χ3n) is 4.24. The van der Waals surface area contributed by atoms with E-state index in [1.54, 1.807) is 12.3 Å². The molecule has 1 aliphatic rings. The molecule has 128 valence electrons. The number of sulfone groups is 1. The topological polar surface area (TPSA) is 75.2 Å². The van der Waals surface area contributed by atoms with Crippen LogP contribution < -0.4 is 10.2 Å². The fourth-order valence-corrected chi connectivity index (χ4v) is 4.82. The van der Waals surface area contributed by atoms with E-state index in [4.69, 9.17) is 0 Å². The maximum Gasteiger partial charge on any atom is 0.229 e. The van der Waals surface area contributed by atoms with Gasteiger partial charge in [0.2, 0.25) is 5.95 Å². The Hall–Kier alpha value is -2.15. The summed E-state index contributed by atoms with van der Waals surface area (Å²) < 4.78 is 23.4. The minimum atomic E-state index is -2.92. The first-order valence-corrected chi connectivity index (χ1v) is 9.76. The number of hydrogen-bond donors (Lipinski definition) is 1. The van der Waals surface area contributed by atoms with Crippen LogP contribution in [0.3, 0.4) is 0 Å². The second kappa shape index (κ2) is 6.39. The van der Waals surface area contributed by atoms with Crippen molar-refractivity contribution < 1.29 is 8.42 Å². The van der Waals surface area contributed by atoms with Crippen LogP contribution in [0.2, 0.25) is 0 Å². The molecule has 1 aliphatic heterocycles. The van der Waals surface area contributed by atoms with Crippen molar-refractivity contribution in [2.45, 2.75) is 26.3 Å². The predicted molar refractivity (Wildman–Crippen MR) is 96.7 cm³/mol. The van der Waals surface area contributed by atoms with Gasteiger partial charge in [0.25, 0.3) is 0 Å². The summed E-state index contributed by atoms with van der Waals surface area (Å²) in [4.78, 5) is 10.7. The maximum atomic E-state index is 11.7. The van der Waals surface area contributed by atoms with Gasteiger partial charge in [-0.25, -0.2) is 13.4 Å². The number of nitrogens with zero attached hydrogens (tertiary/aromatic N) is 3. The average Bonchev–Trinajstić information content (AvgIpc) is 2.86. The van der Waals surface area contributed by atoms with E-state index in [-0.39, 0.29) is 17.5 Å². The lowest BCUT2D eigenvalue weighted by atomic mass is 10.1. The smallest absolute Gasteiger partial charge is 0.229 e. The van der Waals surface area contributed by atoms with Gasteiger partial charge in [-0.2, -0.15) is 4.98 Å². The van der Waals surface area contributed by atoms with Gasteiger partial charge >= 0.3 is 0 Å². The molecule has 1 atom stereocenters. The normalized spacial score (nSPS) is 19.2. The number of hydrogen-bond acceptors (Lipinski definition) is 6. The van der Waals surface area contributed by atoms with Crippen LogP contribution in [0.25, 0.3) is 0 Å². The SMILES string of the molecule is Cc1cc(C)cc(Nc2nccc(N(C)C3CCS(=O)(=O)C3)n2)c1. The molecule has 1 fully saturated rings. The number of rotatable bonds is 4. The molecule has 1 aromatic heterocycles. The van der Waals surface area contributed by atoms with E-state index < -0.39 is 9.84 Å². The van der Waals surface area contributed by atoms with Gasteiger partial charge in [0.1, 0.15) is 5.82 Å². The molecule has 0 aliphatic carbocycles. The molecule has 0 radical (unpaired) electrons. The lowest BCUT2D eigenvalue weighted by Gasteiger charge is -2.24. The van der Waals surface area contributed by atoms with Gasteiger partial charge in [0.15, 0.2) is 9.84 Å². The Morgan fingerprint density at radius 3 is 2.54 bits per heavy atom. The van der Waals surface area contributed by atoms with Gasteiger partial charge in [-0.1, -0.05) is 6.07 Å². The zero-order valence-corrected chi connectivity index (χ0v) is 15.0. The fraction of sp³-hybridized carbons (Fsp3) is 0.412. The molecular formula is C17H22N4O2S. The summed E-state index contributed by atoms with van der Waals surface area (Å²) in [5.74, 6) is 1.66. The third kappa shape index (κ3) is 3.84. The van der Waals surface area contributed by atoms with E-state index in [1.807, 2.05) is 37.9 Å². The molecule has 0 bridgehead atoms. The largest absolute Gasteiger partial charge is 0.355 e. The zero-order chi connectivity index (χ0) is 17.3. The molecule has 1 N–H and O–H groups in total. The van der Waals surface area contributed by atoms with Crippen molar-refractivity contribution >= 4 is 27.3 Å². The van der Waals surface area contributed by atoms with Crippen LogP contribution in [-0.2, 0) is 9.84 Å². The van der Waals surface area contributed by atoms with Crippen LogP contribution in [-0.4, -0.2) is 43.0 Å². The number of benzene rings is 1. The molecule has 0 saturated carbocycles. The summed E-state index contributed by atoms with van der Waals surface area (Å²) >= 11 is 0. The van der Waals surface area contributed by atoms with Gasteiger partial charge in [-0.05, 0) is 49.6 Å². The monoisotopic (exact) mass is 346 g/mol. The molecule has 0 spiro atoms. The Morgan fingerprint density at radius 2 is 1.92 bits per heavy atom. The summed E-state index contributed by atoms with van der Waals surface area (Å²) in [5, 5.41) is 3.22. The highest BCUT2D eigenvalue weighted by Crippen LogP contribution is 2.23. The first kappa shape index (κ1) is 16.7. The maximum absolute atomic E-state index is 11.7. The van der Waals surface area contributed by atoms with Crippen molar-refractivity contribution in [2.75, 3.05) is 28.8 Å². The number of nitrogens with one attached hydrogen (secondary N) is 1. The van der Waals surface area contributed by atoms with Crippen molar-refractivity contribution in [3.63, 3.8) is 0 Å². The van der Waals surface area contributed by atoms with Crippen molar-refractivity contribution in [1.82, 2.24) is 9.97 Å². The van der Waals surface area contributed by atoms with E-state index in [0.717, 1.165) is 11.5 Å². The van der Waals surface area contributed by atoms with Crippen LogP contribution in [0.4, 0.5) is 17.5 Å². The quantitative estimate of drug-likeness (QED) is 0.916. The van der Waals surface area contributed by atoms with E-state index >= 15 is 0 Å². The summed E-state index contributed by atoms with van der Waals surface area (Å²) in [6.07, 6.45) is 2.33.